The Morgan fingerprint density at radius 2 is 2.04 bits per heavy atom. The molecule has 0 spiro atoms. The van der Waals surface area contributed by atoms with Crippen LogP contribution in [-0.2, 0) is 10.0 Å². The lowest BCUT2D eigenvalue weighted by molar-refractivity contribution is 0.312. The summed E-state index contributed by atoms with van der Waals surface area (Å²) in [5.41, 5.74) is 1.79. The van der Waals surface area contributed by atoms with Crippen LogP contribution in [0.15, 0.2) is 36.7 Å². The van der Waals surface area contributed by atoms with Crippen molar-refractivity contribution in [1.29, 1.82) is 0 Å². The first-order valence-electron chi connectivity index (χ1n) is 7.94. The largest absolute Gasteiger partial charge is 0.437 e. The molecule has 3 rings (SSSR count). The van der Waals surface area contributed by atoms with Gasteiger partial charge in [-0.25, -0.2) is 17.7 Å². The summed E-state index contributed by atoms with van der Waals surface area (Å²) in [7, 11) is -3.18. The lowest BCUT2D eigenvalue weighted by Gasteiger charge is -2.30. The molecule has 0 amide bonds. The van der Waals surface area contributed by atoms with Crippen LogP contribution >= 0.6 is 0 Å². The van der Waals surface area contributed by atoms with E-state index in [-0.39, 0.29) is 5.92 Å². The number of aromatic nitrogens is 2. The van der Waals surface area contributed by atoms with Crippen molar-refractivity contribution >= 4 is 10.0 Å². The third kappa shape index (κ3) is 3.91. The smallest absolute Gasteiger partial charge is 0.238 e. The zero-order valence-corrected chi connectivity index (χ0v) is 14.7. The van der Waals surface area contributed by atoms with Crippen molar-refractivity contribution in [3.63, 3.8) is 0 Å². The van der Waals surface area contributed by atoms with Crippen molar-refractivity contribution in [1.82, 2.24) is 14.3 Å². The van der Waals surface area contributed by atoms with E-state index in [1.165, 1.54) is 10.6 Å². The summed E-state index contributed by atoms with van der Waals surface area (Å²) >= 11 is 0. The Bertz CT molecular complexity index is 823. The van der Waals surface area contributed by atoms with Crippen LogP contribution in [0.5, 0.6) is 11.6 Å². The van der Waals surface area contributed by atoms with Crippen LogP contribution in [0.25, 0.3) is 0 Å². The van der Waals surface area contributed by atoms with Gasteiger partial charge >= 0.3 is 0 Å². The molecule has 0 radical (unpaired) electrons. The summed E-state index contributed by atoms with van der Waals surface area (Å²) in [6, 6.07) is 7.71. The number of rotatable bonds is 4. The molecule has 0 bridgehead atoms. The normalized spacial score (nSPS) is 19.2. The Morgan fingerprint density at radius 1 is 1.25 bits per heavy atom. The predicted molar refractivity (Wildman–Crippen MR) is 91.7 cm³/mol. The summed E-state index contributed by atoms with van der Waals surface area (Å²) < 4.78 is 30.9. The van der Waals surface area contributed by atoms with Crippen molar-refractivity contribution in [2.24, 2.45) is 0 Å². The number of para-hydroxylation sites is 1. The van der Waals surface area contributed by atoms with Gasteiger partial charge in [0.25, 0.3) is 0 Å². The van der Waals surface area contributed by atoms with Crippen LogP contribution in [-0.4, -0.2) is 42.0 Å². The van der Waals surface area contributed by atoms with Gasteiger partial charge in [0.15, 0.2) is 0 Å². The van der Waals surface area contributed by atoms with Crippen molar-refractivity contribution in [2.75, 3.05) is 19.3 Å². The fourth-order valence-electron chi connectivity index (χ4n) is 2.88. The quantitative estimate of drug-likeness (QED) is 0.850. The highest BCUT2D eigenvalue weighted by Gasteiger charge is 2.28. The maximum absolute atomic E-state index is 11.8. The van der Waals surface area contributed by atoms with Gasteiger partial charge in [-0.05, 0) is 31.4 Å². The van der Waals surface area contributed by atoms with Gasteiger partial charge in [-0.2, -0.15) is 0 Å². The standard InChI is InChI=1S/C17H21N3O3S/c1-13-6-3-4-8-16(13)23-17-11-18-10-15(19-17)14-7-5-9-20(12-14)24(2,21)22/h3-4,6,8,10-11,14H,5,7,9,12H2,1-2H3. The molecule has 0 N–H and O–H groups in total. The molecule has 1 aliphatic rings. The van der Waals surface area contributed by atoms with E-state index in [1.54, 1.807) is 12.4 Å². The molecule has 128 valence electrons. The SMILES string of the molecule is Cc1ccccc1Oc1cncc(C2CCCN(S(C)(=O)=O)C2)n1. The molecule has 1 fully saturated rings. The zero-order chi connectivity index (χ0) is 17.2. The van der Waals surface area contributed by atoms with Gasteiger partial charge in [0.2, 0.25) is 15.9 Å². The van der Waals surface area contributed by atoms with Crippen LogP contribution in [0.3, 0.4) is 0 Å². The van der Waals surface area contributed by atoms with E-state index in [1.807, 2.05) is 31.2 Å². The minimum absolute atomic E-state index is 0.0430. The van der Waals surface area contributed by atoms with E-state index >= 15 is 0 Å². The van der Waals surface area contributed by atoms with Gasteiger partial charge in [0.05, 0.1) is 18.1 Å². The van der Waals surface area contributed by atoms with E-state index < -0.39 is 10.0 Å². The molecule has 1 saturated heterocycles. The van der Waals surface area contributed by atoms with Crippen LogP contribution in [0.4, 0.5) is 0 Å². The first kappa shape index (κ1) is 16.9. The van der Waals surface area contributed by atoms with E-state index in [0.717, 1.165) is 29.8 Å². The number of nitrogens with zero attached hydrogens (tertiary/aromatic N) is 3. The van der Waals surface area contributed by atoms with E-state index in [0.29, 0.717) is 19.0 Å². The topological polar surface area (TPSA) is 72.4 Å². The van der Waals surface area contributed by atoms with Crippen LogP contribution in [0.1, 0.15) is 30.0 Å². The molecule has 0 saturated carbocycles. The monoisotopic (exact) mass is 347 g/mol. The molecule has 24 heavy (non-hydrogen) atoms. The molecule has 1 aromatic carbocycles. The number of sulfonamides is 1. The van der Waals surface area contributed by atoms with Crippen molar-refractivity contribution in [3.05, 3.63) is 47.9 Å². The highest BCUT2D eigenvalue weighted by molar-refractivity contribution is 7.88. The van der Waals surface area contributed by atoms with Crippen molar-refractivity contribution < 1.29 is 13.2 Å². The second kappa shape index (κ2) is 6.86. The van der Waals surface area contributed by atoms with Crippen LogP contribution in [0, 0.1) is 6.92 Å². The molecule has 7 heteroatoms. The first-order chi connectivity index (χ1) is 11.4. The maximum Gasteiger partial charge on any atom is 0.238 e. The number of hydrogen-bond acceptors (Lipinski definition) is 5. The lowest BCUT2D eigenvalue weighted by atomic mass is 9.96. The van der Waals surface area contributed by atoms with Crippen LogP contribution < -0.4 is 4.74 Å². The molecular weight excluding hydrogens is 326 g/mol. The first-order valence-corrected chi connectivity index (χ1v) is 9.79. The molecule has 1 unspecified atom stereocenters. The Morgan fingerprint density at radius 3 is 2.79 bits per heavy atom. The summed E-state index contributed by atoms with van der Waals surface area (Å²) in [5.74, 6) is 1.21. The Hall–Kier alpha value is -1.99. The Kier molecular flexibility index (Phi) is 4.82. The predicted octanol–water partition coefficient (Wildman–Crippen LogP) is 2.72. The molecule has 1 aromatic heterocycles. The fourth-order valence-corrected chi connectivity index (χ4v) is 3.79. The Labute approximate surface area is 142 Å². The molecular formula is C17H21N3O3S. The third-order valence-corrected chi connectivity index (χ3v) is 5.48. The summed E-state index contributed by atoms with van der Waals surface area (Å²) in [4.78, 5) is 8.76. The number of ether oxygens (including phenoxy) is 1. The summed E-state index contributed by atoms with van der Waals surface area (Å²) in [5, 5.41) is 0. The average molecular weight is 347 g/mol. The van der Waals surface area contributed by atoms with Gasteiger partial charge in [0, 0.05) is 25.2 Å². The Balaban J connectivity index is 1.79. The average Bonchev–Trinajstić information content (AvgIpc) is 2.57. The number of hydrogen-bond donors (Lipinski definition) is 0. The highest BCUT2D eigenvalue weighted by atomic mass is 32.2. The summed E-state index contributed by atoms with van der Waals surface area (Å²) in [6.07, 6.45) is 6.24. The third-order valence-electron chi connectivity index (χ3n) is 4.21. The highest BCUT2D eigenvalue weighted by Crippen LogP contribution is 2.29. The summed E-state index contributed by atoms with van der Waals surface area (Å²) in [6.45, 7) is 2.99. The number of aryl methyl sites for hydroxylation is 1. The van der Waals surface area contributed by atoms with Gasteiger partial charge in [0.1, 0.15) is 5.75 Å². The van der Waals surface area contributed by atoms with E-state index in [2.05, 4.69) is 9.97 Å². The number of benzene rings is 1. The minimum Gasteiger partial charge on any atom is -0.437 e. The second-order valence-corrected chi connectivity index (χ2v) is 8.09. The van der Waals surface area contributed by atoms with Crippen molar-refractivity contribution in [2.45, 2.75) is 25.7 Å². The minimum atomic E-state index is -3.18. The molecule has 6 nitrogen and oxygen atoms in total. The molecule has 1 atom stereocenters. The van der Waals surface area contributed by atoms with Gasteiger partial charge in [-0.1, -0.05) is 18.2 Å². The maximum atomic E-state index is 11.8. The number of piperidine rings is 1. The van der Waals surface area contributed by atoms with Crippen LogP contribution in [0.2, 0.25) is 0 Å². The second-order valence-electron chi connectivity index (χ2n) is 6.11. The van der Waals surface area contributed by atoms with Gasteiger partial charge in [-0.3, -0.25) is 4.98 Å². The molecule has 2 aromatic rings. The fraction of sp³-hybridized carbons (Fsp3) is 0.412. The van der Waals surface area contributed by atoms with Crippen molar-refractivity contribution in [3.8, 4) is 11.6 Å². The molecule has 1 aliphatic heterocycles. The molecule has 2 heterocycles. The molecule has 0 aliphatic carbocycles. The van der Waals surface area contributed by atoms with Gasteiger partial charge < -0.3 is 4.74 Å². The van der Waals surface area contributed by atoms with E-state index in [9.17, 15) is 8.42 Å². The van der Waals surface area contributed by atoms with Gasteiger partial charge in [-0.15, -0.1) is 0 Å². The lowest BCUT2D eigenvalue weighted by Crippen LogP contribution is -2.38. The van der Waals surface area contributed by atoms with E-state index in [4.69, 9.17) is 4.74 Å². The zero-order valence-electron chi connectivity index (χ0n) is 13.8.